The molecule has 0 spiro atoms. The monoisotopic (exact) mass is 301 g/mol. The Bertz CT molecular complexity index is 728. The molecule has 0 saturated heterocycles. The molecule has 2 N–H and O–H groups in total. The van der Waals surface area contributed by atoms with Crippen molar-refractivity contribution in [2.75, 3.05) is 12.8 Å². The van der Waals surface area contributed by atoms with Crippen LogP contribution >= 0.6 is 0 Å². The molecule has 0 aliphatic heterocycles. The predicted molar refractivity (Wildman–Crippen MR) is 83.3 cm³/mol. The van der Waals surface area contributed by atoms with E-state index in [1.807, 2.05) is 24.3 Å². The number of non-ortho nitro benzene ring substituents is 1. The van der Waals surface area contributed by atoms with Gasteiger partial charge in [0.15, 0.2) is 5.75 Å². The van der Waals surface area contributed by atoms with E-state index in [-0.39, 0.29) is 17.1 Å². The van der Waals surface area contributed by atoms with E-state index in [1.54, 1.807) is 14.0 Å². The topological polar surface area (TPSA) is 100.0 Å². The summed E-state index contributed by atoms with van der Waals surface area (Å²) in [5.41, 5.74) is 7.11. The van der Waals surface area contributed by atoms with Crippen LogP contribution in [0.4, 0.5) is 11.4 Å². The Labute approximate surface area is 127 Å². The summed E-state index contributed by atoms with van der Waals surface area (Å²) < 4.78 is 5.14. The third-order valence-corrected chi connectivity index (χ3v) is 2.90. The number of nitrogens with zero attached hydrogens (tertiary/aromatic N) is 2. The molecule has 0 atom stereocenters. The van der Waals surface area contributed by atoms with Gasteiger partial charge in [0.05, 0.1) is 23.8 Å². The summed E-state index contributed by atoms with van der Waals surface area (Å²) >= 11 is 0. The highest BCUT2D eigenvalue weighted by atomic mass is 16.6. The van der Waals surface area contributed by atoms with Crippen LogP contribution < -0.4 is 15.3 Å². The summed E-state index contributed by atoms with van der Waals surface area (Å²) in [5, 5.41) is 14.7. The van der Waals surface area contributed by atoms with Gasteiger partial charge in [-0.05, 0) is 19.1 Å². The average molecular weight is 301 g/mol. The molecule has 0 saturated carbocycles. The van der Waals surface area contributed by atoms with Gasteiger partial charge in [-0.2, -0.15) is 0 Å². The van der Waals surface area contributed by atoms with Crippen molar-refractivity contribution in [3.8, 4) is 11.5 Å². The van der Waals surface area contributed by atoms with Crippen LogP contribution in [-0.4, -0.2) is 17.7 Å². The van der Waals surface area contributed by atoms with E-state index in [0.717, 1.165) is 5.56 Å². The highest BCUT2D eigenvalue weighted by molar-refractivity contribution is 5.98. The number of hydrogen-bond acceptors (Lipinski definition) is 6. The minimum atomic E-state index is -0.540. The molecule has 7 nitrogen and oxygen atoms in total. The SMILES string of the molecule is COc1cccc(/C(C)=N/Oc2cc(N)cc([N+](=O)[O-])c2)c1. The first-order chi connectivity index (χ1) is 10.5. The van der Waals surface area contributed by atoms with Crippen LogP contribution in [0.3, 0.4) is 0 Å². The molecule has 114 valence electrons. The predicted octanol–water partition coefficient (Wildman–Crippen LogP) is 2.99. The molecule has 2 rings (SSSR count). The molecule has 0 aromatic heterocycles. The first-order valence-electron chi connectivity index (χ1n) is 6.40. The Morgan fingerprint density at radius 1 is 1.23 bits per heavy atom. The van der Waals surface area contributed by atoms with E-state index in [2.05, 4.69) is 5.16 Å². The molecule has 2 aromatic rings. The zero-order valence-electron chi connectivity index (χ0n) is 12.1. The molecule has 2 aromatic carbocycles. The number of oxime groups is 1. The number of nitrogen functional groups attached to an aromatic ring is 1. The third kappa shape index (κ3) is 3.72. The van der Waals surface area contributed by atoms with Gasteiger partial charge in [0.25, 0.3) is 5.69 Å². The van der Waals surface area contributed by atoms with Crippen molar-refractivity contribution in [3.05, 3.63) is 58.1 Å². The Morgan fingerprint density at radius 2 is 2.00 bits per heavy atom. The number of anilines is 1. The lowest BCUT2D eigenvalue weighted by Crippen LogP contribution is -1.99. The molecular weight excluding hydrogens is 286 g/mol. The van der Waals surface area contributed by atoms with Gasteiger partial charge in [-0.1, -0.05) is 17.3 Å². The lowest BCUT2D eigenvalue weighted by atomic mass is 10.1. The molecule has 7 heteroatoms. The second kappa shape index (κ2) is 6.57. The van der Waals surface area contributed by atoms with Gasteiger partial charge in [0.2, 0.25) is 0 Å². The van der Waals surface area contributed by atoms with Crippen molar-refractivity contribution in [2.24, 2.45) is 5.16 Å². The normalized spacial score (nSPS) is 11.1. The van der Waals surface area contributed by atoms with Crippen LogP contribution in [0.2, 0.25) is 0 Å². The quantitative estimate of drug-likeness (QED) is 0.396. The molecule has 22 heavy (non-hydrogen) atoms. The summed E-state index contributed by atoms with van der Waals surface area (Å²) in [6.07, 6.45) is 0. The van der Waals surface area contributed by atoms with Gasteiger partial charge in [0, 0.05) is 23.4 Å². The number of nitro benzene ring substituents is 1. The Morgan fingerprint density at radius 3 is 2.68 bits per heavy atom. The van der Waals surface area contributed by atoms with E-state index >= 15 is 0 Å². The lowest BCUT2D eigenvalue weighted by molar-refractivity contribution is -0.384. The number of rotatable bonds is 5. The number of ether oxygens (including phenoxy) is 1. The van der Waals surface area contributed by atoms with E-state index in [4.69, 9.17) is 15.3 Å². The van der Waals surface area contributed by atoms with Gasteiger partial charge in [-0.3, -0.25) is 10.1 Å². The second-order valence-corrected chi connectivity index (χ2v) is 4.52. The van der Waals surface area contributed by atoms with E-state index in [0.29, 0.717) is 11.5 Å². The van der Waals surface area contributed by atoms with Crippen molar-refractivity contribution in [1.29, 1.82) is 0 Å². The minimum absolute atomic E-state index is 0.149. The van der Waals surface area contributed by atoms with Gasteiger partial charge < -0.3 is 15.3 Å². The zero-order chi connectivity index (χ0) is 16.1. The van der Waals surface area contributed by atoms with Crippen molar-refractivity contribution in [1.82, 2.24) is 0 Å². The summed E-state index contributed by atoms with van der Waals surface area (Å²) in [6.45, 7) is 1.76. The third-order valence-electron chi connectivity index (χ3n) is 2.90. The van der Waals surface area contributed by atoms with Gasteiger partial charge in [-0.25, -0.2) is 0 Å². The number of benzene rings is 2. The highest BCUT2D eigenvalue weighted by Crippen LogP contribution is 2.24. The molecule has 0 aliphatic rings. The van der Waals surface area contributed by atoms with Crippen molar-refractivity contribution in [2.45, 2.75) is 6.92 Å². The molecule has 0 bridgehead atoms. The van der Waals surface area contributed by atoms with E-state index in [1.165, 1.54) is 18.2 Å². The van der Waals surface area contributed by atoms with Crippen LogP contribution in [0.25, 0.3) is 0 Å². The Hall–Kier alpha value is -3.09. The molecule has 0 radical (unpaired) electrons. The average Bonchev–Trinajstić information content (AvgIpc) is 2.52. The first-order valence-corrected chi connectivity index (χ1v) is 6.40. The van der Waals surface area contributed by atoms with Crippen molar-refractivity contribution in [3.63, 3.8) is 0 Å². The number of nitrogens with two attached hydrogens (primary N) is 1. The summed E-state index contributed by atoms with van der Waals surface area (Å²) in [4.78, 5) is 15.5. The van der Waals surface area contributed by atoms with Crippen LogP contribution in [0.15, 0.2) is 47.6 Å². The fourth-order valence-electron chi connectivity index (χ4n) is 1.79. The maximum Gasteiger partial charge on any atom is 0.275 e. The van der Waals surface area contributed by atoms with E-state index < -0.39 is 4.92 Å². The van der Waals surface area contributed by atoms with E-state index in [9.17, 15) is 10.1 Å². The number of nitro groups is 1. The fourth-order valence-corrected chi connectivity index (χ4v) is 1.79. The smallest absolute Gasteiger partial charge is 0.275 e. The van der Waals surface area contributed by atoms with Crippen LogP contribution in [0, 0.1) is 10.1 Å². The standard InChI is InChI=1S/C15H15N3O4/c1-10(11-4-3-5-14(6-11)21-2)17-22-15-8-12(16)7-13(9-15)18(19)20/h3-9H,16H2,1-2H3/b17-10+. The molecule has 0 fully saturated rings. The van der Waals surface area contributed by atoms with Crippen LogP contribution in [-0.2, 0) is 0 Å². The number of methoxy groups -OCH3 is 1. The van der Waals surface area contributed by atoms with Crippen LogP contribution in [0.1, 0.15) is 12.5 Å². The maximum atomic E-state index is 10.8. The summed E-state index contributed by atoms with van der Waals surface area (Å²) in [7, 11) is 1.58. The zero-order valence-corrected chi connectivity index (χ0v) is 12.1. The highest BCUT2D eigenvalue weighted by Gasteiger charge is 2.09. The second-order valence-electron chi connectivity index (χ2n) is 4.52. The fraction of sp³-hybridized carbons (Fsp3) is 0.133. The number of hydrogen-bond donors (Lipinski definition) is 1. The van der Waals surface area contributed by atoms with Crippen molar-refractivity contribution >= 4 is 17.1 Å². The lowest BCUT2D eigenvalue weighted by Gasteiger charge is -2.05. The summed E-state index contributed by atoms with van der Waals surface area (Å²) in [6, 6.07) is 11.3. The summed E-state index contributed by atoms with van der Waals surface area (Å²) in [5.74, 6) is 0.903. The molecule has 0 aliphatic carbocycles. The van der Waals surface area contributed by atoms with Gasteiger partial charge >= 0.3 is 0 Å². The molecule has 0 heterocycles. The first kappa shape index (κ1) is 15.3. The Kier molecular flexibility index (Phi) is 4.57. The van der Waals surface area contributed by atoms with Gasteiger partial charge in [0.1, 0.15) is 5.75 Å². The molecule has 0 amide bonds. The maximum absolute atomic E-state index is 10.8. The van der Waals surface area contributed by atoms with Gasteiger partial charge in [-0.15, -0.1) is 0 Å². The molecular formula is C15H15N3O4. The van der Waals surface area contributed by atoms with Crippen molar-refractivity contribution < 1.29 is 14.5 Å². The minimum Gasteiger partial charge on any atom is -0.497 e. The van der Waals surface area contributed by atoms with Crippen LogP contribution in [0.5, 0.6) is 11.5 Å². The Balaban J connectivity index is 2.21. The largest absolute Gasteiger partial charge is 0.497 e. The molecule has 0 unspecified atom stereocenters.